The summed E-state index contributed by atoms with van der Waals surface area (Å²) in [5, 5.41) is 15.7. The molecule has 0 saturated carbocycles. The Morgan fingerprint density at radius 2 is 2.08 bits per heavy atom. The maximum absolute atomic E-state index is 11.8. The Morgan fingerprint density at radius 3 is 2.83 bits per heavy atom. The van der Waals surface area contributed by atoms with Crippen LogP contribution in [0.15, 0.2) is 40.1 Å². The summed E-state index contributed by atoms with van der Waals surface area (Å²) in [7, 11) is 0. The second kappa shape index (κ2) is 7.69. The fourth-order valence-corrected chi connectivity index (χ4v) is 2.71. The van der Waals surface area contributed by atoms with Gasteiger partial charge in [0.05, 0.1) is 5.01 Å². The number of aryl methyl sites for hydroxylation is 2. The van der Waals surface area contributed by atoms with E-state index in [1.54, 1.807) is 0 Å². The second-order valence-corrected chi connectivity index (χ2v) is 6.20. The number of urea groups is 1. The average Bonchev–Trinajstić information content (AvgIpc) is 3.21. The van der Waals surface area contributed by atoms with Gasteiger partial charge in [0.15, 0.2) is 0 Å². The molecule has 2 N–H and O–H groups in total. The van der Waals surface area contributed by atoms with Crippen molar-refractivity contribution in [1.29, 1.82) is 0 Å². The number of aromatic nitrogens is 3. The lowest BCUT2D eigenvalue weighted by atomic mass is 10.1. The molecule has 0 saturated heterocycles. The van der Waals surface area contributed by atoms with Crippen LogP contribution in [-0.2, 0) is 6.42 Å². The lowest BCUT2D eigenvalue weighted by molar-refractivity contribution is 0.251. The summed E-state index contributed by atoms with van der Waals surface area (Å²) in [6.07, 6.45) is 1.76. The zero-order valence-electron chi connectivity index (χ0n) is 13.2. The third kappa shape index (κ3) is 4.39. The molecule has 0 spiro atoms. The van der Waals surface area contributed by atoms with Gasteiger partial charge < -0.3 is 9.73 Å². The first kappa shape index (κ1) is 16.1. The van der Waals surface area contributed by atoms with Crippen molar-refractivity contribution in [1.82, 2.24) is 20.5 Å². The SMILES string of the molecule is Cc1nc(-c2nnc(NC(=O)NCCCc3ccccc3)o2)cs1. The highest BCUT2D eigenvalue weighted by molar-refractivity contribution is 7.09. The quantitative estimate of drug-likeness (QED) is 0.670. The van der Waals surface area contributed by atoms with Crippen molar-refractivity contribution < 1.29 is 9.21 Å². The Hall–Kier alpha value is -2.74. The van der Waals surface area contributed by atoms with Gasteiger partial charge in [-0.3, -0.25) is 5.32 Å². The van der Waals surface area contributed by atoms with Gasteiger partial charge in [-0.25, -0.2) is 9.78 Å². The fraction of sp³-hybridized carbons (Fsp3) is 0.250. The number of amides is 2. The van der Waals surface area contributed by atoms with Gasteiger partial charge in [-0.1, -0.05) is 35.4 Å². The summed E-state index contributed by atoms with van der Waals surface area (Å²) in [6.45, 7) is 2.46. The van der Waals surface area contributed by atoms with Crippen LogP contribution in [0.4, 0.5) is 10.8 Å². The highest BCUT2D eigenvalue weighted by Crippen LogP contribution is 2.21. The Kier molecular flexibility index (Phi) is 5.17. The topological polar surface area (TPSA) is 92.9 Å². The van der Waals surface area contributed by atoms with Gasteiger partial charge in [-0.2, -0.15) is 0 Å². The summed E-state index contributed by atoms with van der Waals surface area (Å²) >= 11 is 1.50. The predicted octanol–water partition coefficient (Wildman–Crippen LogP) is 3.26. The van der Waals surface area contributed by atoms with Gasteiger partial charge in [0, 0.05) is 11.9 Å². The van der Waals surface area contributed by atoms with Crippen LogP contribution in [0.25, 0.3) is 11.6 Å². The number of carbonyl (C=O) groups excluding carboxylic acids is 1. The molecule has 124 valence electrons. The molecule has 0 aliphatic carbocycles. The van der Waals surface area contributed by atoms with Crippen LogP contribution >= 0.6 is 11.3 Å². The number of rotatable bonds is 6. The van der Waals surface area contributed by atoms with Crippen molar-refractivity contribution in [2.24, 2.45) is 0 Å². The van der Waals surface area contributed by atoms with Gasteiger partial charge in [-0.15, -0.1) is 16.4 Å². The van der Waals surface area contributed by atoms with E-state index in [9.17, 15) is 4.79 Å². The smallest absolute Gasteiger partial charge is 0.324 e. The molecule has 2 amide bonds. The van der Waals surface area contributed by atoms with E-state index < -0.39 is 0 Å². The number of carbonyl (C=O) groups is 1. The number of anilines is 1. The van der Waals surface area contributed by atoms with Gasteiger partial charge >= 0.3 is 12.0 Å². The maximum atomic E-state index is 11.8. The molecule has 2 heterocycles. The number of nitrogens with zero attached hydrogens (tertiary/aromatic N) is 3. The van der Waals surface area contributed by atoms with Crippen molar-refractivity contribution in [2.45, 2.75) is 19.8 Å². The van der Waals surface area contributed by atoms with Gasteiger partial charge in [0.2, 0.25) is 0 Å². The Balaban J connectivity index is 1.43. The molecule has 0 bridgehead atoms. The van der Waals surface area contributed by atoms with Crippen LogP contribution in [0.1, 0.15) is 17.0 Å². The molecule has 2 aromatic heterocycles. The fourth-order valence-electron chi connectivity index (χ4n) is 2.12. The number of thiazole rings is 1. The highest BCUT2D eigenvalue weighted by atomic mass is 32.1. The van der Waals surface area contributed by atoms with Crippen LogP contribution in [0.3, 0.4) is 0 Å². The second-order valence-electron chi connectivity index (χ2n) is 5.13. The molecule has 0 radical (unpaired) electrons. The van der Waals surface area contributed by atoms with E-state index in [2.05, 4.69) is 37.9 Å². The third-order valence-corrected chi connectivity index (χ3v) is 4.03. The minimum Gasteiger partial charge on any atom is -0.401 e. The van der Waals surface area contributed by atoms with Crippen LogP contribution in [0, 0.1) is 6.92 Å². The molecule has 0 atom stereocenters. The Labute approximate surface area is 143 Å². The van der Waals surface area contributed by atoms with Crippen molar-refractivity contribution in [3.63, 3.8) is 0 Å². The van der Waals surface area contributed by atoms with Crippen molar-refractivity contribution in [3.8, 4) is 11.6 Å². The lowest BCUT2D eigenvalue weighted by Gasteiger charge is -2.04. The molecule has 8 heteroatoms. The van der Waals surface area contributed by atoms with Crippen LogP contribution in [0.5, 0.6) is 0 Å². The van der Waals surface area contributed by atoms with Gasteiger partial charge in [-0.05, 0) is 25.3 Å². The summed E-state index contributed by atoms with van der Waals surface area (Å²) in [6, 6.07) is 9.82. The molecule has 0 fully saturated rings. The maximum Gasteiger partial charge on any atom is 0.324 e. The molecular formula is C16H17N5O2S. The molecule has 3 rings (SSSR count). The van der Waals surface area contributed by atoms with E-state index in [1.807, 2.05) is 30.5 Å². The summed E-state index contributed by atoms with van der Waals surface area (Å²) in [5.74, 6) is 0.290. The van der Waals surface area contributed by atoms with E-state index in [0.717, 1.165) is 17.8 Å². The van der Waals surface area contributed by atoms with Gasteiger partial charge in [0.1, 0.15) is 5.69 Å². The molecular weight excluding hydrogens is 326 g/mol. The minimum absolute atomic E-state index is 0.0520. The van der Waals surface area contributed by atoms with E-state index in [0.29, 0.717) is 18.1 Å². The standard InChI is InChI=1S/C16H17N5O2S/c1-11-18-13(10-24-11)14-20-21-16(23-14)19-15(22)17-9-5-8-12-6-3-2-4-7-12/h2-4,6-7,10H,5,8-9H2,1H3,(H2,17,19,21,22). The number of hydrogen-bond donors (Lipinski definition) is 2. The normalized spacial score (nSPS) is 10.5. The summed E-state index contributed by atoms with van der Waals surface area (Å²) in [5.41, 5.74) is 1.86. The van der Waals surface area contributed by atoms with Crippen molar-refractivity contribution in [3.05, 3.63) is 46.3 Å². The van der Waals surface area contributed by atoms with E-state index in [4.69, 9.17) is 4.42 Å². The van der Waals surface area contributed by atoms with E-state index in [1.165, 1.54) is 16.9 Å². The number of nitrogens with one attached hydrogen (secondary N) is 2. The highest BCUT2D eigenvalue weighted by Gasteiger charge is 2.13. The molecule has 24 heavy (non-hydrogen) atoms. The minimum atomic E-state index is -0.368. The molecule has 0 aliphatic heterocycles. The largest absolute Gasteiger partial charge is 0.401 e. The molecule has 1 aromatic carbocycles. The molecule has 3 aromatic rings. The Morgan fingerprint density at radius 1 is 1.25 bits per heavy atom. The van der Waals surface area contributed by atoms with Crippen molar-refractivity contribution in [2.75, 3.05) is 11.9 Å². The first-order valence-electron chi connectivity index (χ1n) is 7.55. The monoisotopic (exact) mass is 343 g/mol. The lowest BCUT2D eigenvalue weighted by Crippen LogP contribution is -2.29. The van der Waals surface area contributed by atoms with Crippen LogP contribution in [-0.4, -0.2) is 27.8 Å². The first-order valence-corrected chi connectivity index (χ1v) is 8.43. The summed E-state index contributed by atoms with van der Waals surface area (Å²) < 4.78 is 5.38. The van der Waals surface area contributed by atoms with Gasteiger partial charge in [0.25, 0.3) is 5.89 Å². The first-order chi connectivity index (χ1) is 11.7. The molecule has 0 unspecified atom stereocenters. The zero-order valence-corrected chi connectivity index (χ0v) is 14.0. The third-order valence-electron chi connectivity index (χ3n) is 3.25. The number of hydrogen-bond acceptors (Lipinski definition) is 6. The van der Waals surface area contributed by atoms with Crippen molar-refractivity contribution >= 4 is 23.4 Å². The number of benzene rings is 1. The Bertz CT molecular complexity index is 800. The predicted molar refractivity (Wildman–Crippen MR) is 91.9 cm³/mol. The zero-order chi connectivity index (χ0) is 16.8. The molecule has 0 aliphatic rings. The molecule has 7 nitrogen and oxygen atoms in total. The van der Waals surface area contributed by atoms with Crippen LogP contribution < -0.4 is 10.6 Å². The van der Waals surface area contributed by atoms with Crippen LogP contribution in [0.2, 0.25) is 0 Å². The average molecular weight is 343 g/mol. The van der Waals surface area contributed by atoms with E-state index in [-0.39, 0.29) is 12.0 Å². The van der Waals surface area contributed by atoms with E-state index >= 15 is 0 Å². The summed E-state index contributed by atoms with van der Waals surface area (Å²) in [4.78, 5) is 16.1.